The summed E-state index contributed by atoms with van der Waals surface area (Å²) in [6.07, 6.45) is 2.22. The molecule has 17 heavy (non-hydrogen) atoms. The molecule has 7 heteroatoms. The van der Waals surface area contributed by atoms with Gasteiger partial charge in [-0.25, -0.2) is 4.98 Å². The van der Waals surface area contributed by atoms with Crippen LogP contribution in [0.5, 0.6) is 5.88 Å². The Kier molecular flexibility index (Phi) is 3.80. The topological polar surface area (TPSA) is 76.5 Å². The molecule has 94 valence electrons. The Morgan fingerprint density at radius 2 is 2.53 bits per heavy atom. The molecule has 0 spiro atoms. The Labute approximate surface area is 107 Å². The second kappa shape index (κ2) is 5.16. The Hall–Kier alpha value is -0.920. The van der Waals surface area contributed by atoms with E-state index in [1.165, 1.54) is 7.11 Å². The molecule has 2 heterocycles. The van der Waals surface area contributed by atoms with E-state index < -0.39 is 5.60 Å². The molecule has 1 unspecified atom stereocenters. The van der Waals surface area contributed by atoms with E-state index >= 15 is 0 Å². The number of nitrogens with zero attached hydrogens (tertiary/aromatic N) is 2. The van der Waals surface area contributed by atoms with Crippen molar-refractivity contribution in [2.45, 2.75) is 12.0 Å². The lowest BCUT2D eigenvalue weighted by Crippen LogP contribution is -2.37. The number of hydrogen-bond donors (Lipinski definition) is 2. The highest BCUT2D eigenvalue weighted by Gasteiger charge is 2.32. The minimum absolute atomic E-state index is 0.341. The van der Waals surface area contributed by atoms with Crippen LogP contribution in [0.3, 0.4) is 0 Å². The molecule has 2 N–H and O–H groups in total. The van der Waals surface area contributed by atoms with Crippen molar-refractivity contribution in [3.8, 4) is 5.88 Å². The van der Waals surface area contributed by atoms with E-state index in [0.29, 0.717) is 42.5 Å². The van der Waals surface area contributed by atoms with E-state index in [1.54, 1.807) is 6.20 Å². The van der Waals surface area contributed by atoms with Gasteiger partial charge in [0.15, 0.2) is 0 Å². The van der Waals surface area contributed by atoms with Gasteiger partial charge < -0.3 is 19.9 Å². The standard InChI is InChI=1S/C10H14BrN3O3/c1-16-8-7(11)4-12-9(14-8)13-5-10(15)2-3-17-6-10/h4,15H,2-3,5-6H2,1H3,(H,12,13,14). The summed E-state index contributed by atoms with van der Waals surface area (Å²) in [4.78, 5) is 8.22. The summed E-state index contributed by atoms with van der Waals surface area (Å²) in [6, 6.07) is 0. The Morgan fingerprint density at radius 1 is 1.71 bits per heavy atom. The Balaban J connectivity index is 1.99. The average molecular weight is 304 g/mol. The van der Waals surface area contributed by atoms with Crippen molar-refractivity contribution < 1.29 is 14.6 Å². The maximum atomic E-state index is 10.1. The minimum Gasteiger partial charge on any atom is -0.480 e. The summed E-state index contributed by atoms with van der Waals surface area (Å²) in [7, 11) is 1.54. The molecule has 1 atom stereocenters. The third-order valence-corrected chi connectivity index (χ3v) is 3.11. The summed E-state index contributed by atoms with van der Waals surface area (Å²) in [5.41, 5.74) is -0.830. The third-order valence-electron chi connectivity index (χ3n) is 2.56. The summed E-state index contributed by atoms with van der Waals surface area (Å²) in [5.74, 6) is 0.877. The number of halogens is 1. The Bertz CT molecular complexity index is 396. The van der Waals surface area contributed by atoms with E-state index in [4.69, 9.17) is 9.47 Å². The smallest absolute Gasteiger partial charge is 0.232 e. The number of aliphatic hydroxyl groups is 1. The fourth-order valence-corrected chi connectivity index (χ4v) is 1.91. The van der Waals surface area contributed by atoms with Crippen LogP contribution in [0.2, 0.25) is 0 Å². The number of rotatable bonds is 4. The quantitative estimate of drug-likeness (QED) is 0.857. The van der Waals surface area contributed by atoms with Gasteiger partial charge in [-0.15, -0.1) is 0 Å². The molecule has 0 aliphatic carbocycles. The van der Waals surface area contributed by atoms with Crippen molar-refractivity contribution >= 4 is 21.9 Å². The summed E-state index contributed by atoms with van der Waals surface area (Å²) >= 11 is 3.27. The van der Waals surface area contributed by atoms with Crippen LogP contribution in [-0.4, -0.2) is 47.5 Å². The zero-order valence-electron chi connectivity index (χ0n) is 9.44. The lowest BCUT2D eigenvalue weighted by Gasteiger charge is -2.20. The molecule has 0 aromatic carbocycles. The van der Waals surface area contributed by atoms with Crippen LogP contribution in [0, 0.1) is 0 Å². The van der Waals surface area contributed by atoms with Gasteiger partial charge in [-0.05, 0) is 15.9 Å². The molecular weight excluding hydrogens is 290 g/mol. The highest BCUT2D eigenvalue weighted by atomic mass is 79.9. The molecular formula is C10H14BrN3O3. The summed E-state index contributed by atoms with van der Waals surface area (Å²) in [6.45, 7) is 1.29. The second-order valence-corrected chi connectivity index (χ2v) is 4.79. The number of hydrogen-bond acceptors (Lipinski definition) is 6. The first kappa shape index (κ1) is 12.5. The van der Waals surface area contributed by atoms with Crippen molar-refractivity contribution in [2.24, 2.45) is 0 Å². The molecule has 0 amide bonds. The van der Waals surface area contributed by atoms with Gasteiger partial charge in [0, 0.05) is 19.6 Å². The van der Waals surface area contributed by atoms with Crippen LogP contribution in [0.25, 0.3) is 0 Å². The zero-order valence-corrected chi connectivity index (χ0v) is 11.0. The first-order chi connectivity index (χ1) is 8.13. The van der Waals surface area contributed by atoms with Crippen LogP contribution < -0.4 is 10.1 Å². The maximum Gasteiger partial charge on any atom is 0.232 e. The number of nitrogens with one attached hydrogen (secondary N) is 1. The van der Waals surface area contributed by atoms with E-state index in [-0.39, 0.29) is 0 Å². The van der Waals surface area contributed by atoms with Gasteiger partial charge in [0.1, 0.15) is 5.60 Å². The molecule has 1 aromatic rings. The van der Waals surface area contributed by atoms with Gasteiger partial charge in [-0.2, -0.15) is 4.98 Å². The molecule has 1 fully saturated rings. The Morgan fingerprint density at radius 3 is 3.18 bits per heavy atom. The van der Waals surface area contributed by atoms with Gasteiger partial charge in [0.2, 0.25) is 11.8 Å². The van der Waals surface area contributed by atoms with Crippen LogP contribution in [0.4, 0.5) is 5.95 Å². The second-order valence-electron chi connectivity index (χ2n) is 3.93. The summed E-state index contributed by atoms with van der Waals surface area (Å²) < 4.78 is 10.9. The van der Waals surface area contributed by atoms with Crippen molar-refractivity contribution in [2.75, 3.05) is 32.2 Å². The lowest BCUT2D eigenvalue weighted by molar-refractivity contribution is 0.0380. The molecule has 1 aromatic heterocycles. The molecule has 1 aliphatic heterocycles. The monoisotopic (exact) mass is 303 g/mol. The van der Waals surface area contributed by atoms with Crippen LogP contribution in [0.1, 0.15) is 6.42 Å². The fraction of sp³-hybridized carbons (Fsp3) is 0.600. The van der Waals surface area contributed by atoms with Crippen molar-refractivity contribution in [3.05, 3.63) is 10.7 Å². The van der Waals surface area contributed by atoms with Gasteiger partial charge >= 0.3 is 0 Å². The van der Waals surface area contributed by atoms with Gasteiger partial charge in [0.25, 0.3) is 0 Å². The van der Waals surface area contributed by atoms with Gasteiger partial charge in [-0.3, -0.25) is 0 Å². The van der Waals surface area contributed by atoms with Crippen molar-refractivity contribution in [3.63, 3.8) is 0 Å². The van der Waals surface area contributed by atoms with Gasteiger partial charge in [0.05, 0.1) is 24.4 Å². The minimum atomic E-state index is -0.830. The van der Waals surface area contributed by atoms with E-state index in [2.05, 4.69) is 31.2 Å². The average Bonchev–Trinajstić information content (AvgIpc) is 2.76. The normalized spacial score (nSPS) is 23.7. The number of methoxy groups -OCH3 is 1. The van der Waals surface area contributed by atoms with E-state index in [1.807, 2.05) is 0 Å². The van der Waals surface area contributed by atoms with E-state index in [0.717, 1.165) is 0 Å². The lowest BCUT2D eigenvalue weighted by atomic mass is 10.0. The SMILES string of the molecule is COc1nc(NCC2(O)CCOC2)ncc1Br. The predicted molar refractivity (Wildman–Crippen MR) is 65.2 cm³/mol. The number of ether oxygens (including phenoxy) is 2. The largest absolute Gasteiger partial charge is 0.480 e. The molecule has 6 nitrogen and oxygen atoms in total. The van der Waals surface area contributed by atoms with Crippen molar-refractivity contribution in [1.82, 2.24) is 9.97 Å². The molecule has 1 saturated heterocycles. The predicted octanol–water partition coefficient (Wildman–Crippen LogP) is 0.811. The van der Waals surface area contributed by atoms with Crippen LogP contribution >= 0.6 is 15.9 Å². The van der Waals surface area contributed by atoms with Crippen LogP contribution in [0.15, 0.2) is 10.7 Å². The summed E-state index contributed by atoms with van der Waals surface area (Å²) in [5, 5.41) is 13.0. The van der Waals surface area contributed by atoms with Crippen LogP contribution in [-0.2, 0) is 4.74 Å². The molecule has 1 aliphatic rings. The molecule has 0 bridgehead atoms. The first-order valence-electron chi connectivity index (χ1n) is 5.23. The van der Waals surface area contributed by atoms with Crippen molar-refractivity contribution in [1.29, 1.82) is 0 Å². The molecule has 2 rings (SSSR count). The highest BCUT2D eigenvalue weighted by molar-refractivity contribution is 9.10. The molecule has 0 radical (unpaired) electrons. The first-order valence-corrected chi connectivity index (χ1v) is 6.03. The zero-order chi connectivity index (χ0) is 12.3. The number of aromatic nitrogens is 2. The van der Waals surface area contributed by atoms with E-state index in [9.17, 15) is 5.11 Å². The number of anilines is 1. The highest BCUT2D eigenvalue weighted by Crippen LogP contribution is 2.23. The third kappa shape index (κ3) is 3.05. The maximum absolute atomic E-state index is 10.1. The van der Waals surface area contributed by atoms with Gasteiger partial charge in [-0.1, -0.05) is 0 Å². The fourth-order valence-electron chi connectivity index (χ4n) is 1.56. The molecule has 0 saturated carbocycles.